The Balaban J connectivity index is 4.64. The molecule has 0 heterocycles. The number of allylic oxidation sites excluding steroid dienone is 12. The largest absolute Gasteiger partial charge is 0.462 e. The van der Waals surface area contributed by atoms with Gasteiger partial charge in [-0.15, -0.1) is 0 Å². The van der Waals surface area contributed by atoms with E-state index in [-0.39, 0.29) is 24.9 Å². The van der Waals surface area contributed by atoms with E-state index in [1.807, 2.05) is 24.3 Å². The third kappa shape index (κ3) is 42.0. The van der Waals surface area contributed by atoms with Gasteiger partial charge in [-0.25, -0.2) is 0 Å². The number of carbonyl (C=O) groups is 2. The Hall–Kier alpha value is -2.70. The molecule has 0 aromatic rings. The van der Waals surface area contributed by atoms with Crippen molar-refractivity contribution in [3.8, 4) is 0 Å². The van der Waals surface area contributed by atoms with E-state index in [0.717, 1.165) is 83.5 Å². The maximum atomic E-state index is 13.2. The Kier molecular flexibility index (Phi) is 45.2. The van der Waals surface area contributed by atoms with Crippen molar-refractivity contribution in [2.24, 2.45) is 0 Å². The summed E-state index contributed by atoms with van der Waals surface area (Å²) in [6, 6.07) is -0.718. The second-order valence-corrected chi connectivity index (χ2v) is 16.9. The van der Waals surface area contributed by atoms with Crippen LogP contribution < -0.4 is 5.32 Å². The lowest BCUT2D eigenvalue weighted by atomic mass is 10.0. The monoisotopic (exact) mass is 838 g/mol. The van der Waals surface area contributed by atoms with E-state index in [2.05, 4.69) is 74.7 Å². The minimum Gasteiger partial charge on any atom is -0.462 e. The molecular formula is C54H95NO5. The molecule has 0 aromatic heterocycles. The summed E-state index contributed by atoms with van der Waals surface area (Å²) in [5.41, 5.74) is 0. The molecule has 6 nitrogen and oxygen atoms in total. The van der Waals surface area contributed by atoms with E-state index in [9.17, 15) is 19.8 Å². The van der Waals surface area contributed by atoms with Crippen LogP contribution in [0.4, 0.5) is 0 Å². The minimum atomic E-state index is -0.801. The molecule has 0 saturated heterocycles. The van der Waals surface area contributed by atoms with Crippen molar-refractivity contribution in [1.29, 1.82) is 0 Å². The van der Waals surface area contributed by atoms with Crippen molar-refractivity contribution in [3.05, 3.63) is 72.9 Å². The van der Waals surface area contributed by atoms with Crippen molar-refractivity contribution >= 4 is 11.9 Å². The molecule has 3 N–H and O–H groups in total. The fraction of sp³-hybridized carbons (Fsp3) is 0.741. The molecule has 6 heteroatoms. The van der Waals surface area contributed by atoms with Gasteiger partial charge in [0.1, 0.15) is 6.10 Å². The molecule has 3 unspecified atom stereocenters. The second kappa shape index (κ2) is 47.4. The zero-order chi connectivity index (χ0) is 43.8. The number of rotatable bonds is 44. The maximum absolute atomic E-state index is 13.2. The first-order valence-electron chi connectivity index (χ1n) is 25.2. The highest BCUT2D eigenvalue weighted by Gasteiger charge is 2.24. The van der Waals surface area contributed by atoms with Crippen molar-refractivity contribution in [2.75, 3.05) is 6.61 Å². The van der Waals surface area contributed by atoms with Crippen molar-refractivity contribution in [3.63, 3.8) is 0 Å². The molecule has 0 bridgehead atoms. The third-order valence-electron chi connectivity index (χ3n) is 11.1. The molecule has 60 heavy (non-hydrogen) atoms. The standard InChI is InChI=1S/C54H95NO5/c1-4-7-10-13-16-19-22-24-25-26-27-29-32-35-38-41-44-47-54(59)60-50(45-42-39-36-33-31-28-23-20-17-14-11-8-5-2)48-53(58)55-51(49-56)52(57)46-43-40-37-34-30-21-18-15-12-9-6-3/h8,11,14,16-17,19-20,23-25,28,31,50-52,56-57H,4-7,9-10,12-13,15,18,21-22,26-27,29-30,32-49H2,1-3H3,(H,55,58)/b11-8+,17-14+,19-16-,23-20+,25-24-,31-28-. The summed E-state index contributed by atoms with van der Waals surface area (Å²) < 4.78 is 5.91. The summed E-state index contributed by atoms with van der Waals surface area (Å²) in [6.45, 7) is 6.29. The van der Waals surface area contributed by atoms with Gasteiger partial charge in [0, 0.05) is 6.42 Å². The predicted octanol–water partition coefficient (Wildman–Crippen LogP) is 15.0. The van der Waals surface area contributed by atoms with Crippen LogP contribution in [0.3, 0.4) is 0 Å². The molecule has 0 fully saturated rings. The van der Waals surface area contributed by atoms with Crippen LogP contribution in [0.15, 0.2) is 72.9 Å². The molecule has 1 amide bonds. The summed E-state index contributed by atoms with van der Waals surface area (Å²) in [6.07, 6.45) is 59.6. The lowest BCUT2D eigenvalue weighted by molar-refractivity contribution is -0.151. The third-order valence-corrected chi connectivity index (χ3v) is 11.1. The highest BCUT2D eigenvalue weighted by Crippen LogP contribution is 2.17. The van der Waals surface area contributed by atoms with E-state index < -0.39 is 18.2 Å². The van der Waals surface area contributed by atoms with E-state index in [1.54, 1.807) is 0 Å². The SMILES string of the molecule is CC/C=C/C=C/C=C/C=C\CCCCCC(CC(=O)NC(CO)C(O)CCCCCCCCCCCCC)OC(=O)CCCCCCCCC/C=C\C/C=C\CCCCC. The summed E-state index contributed by atoms with van der Waals surface area (Å²) in [5, 5.41) is 23.7. The maximum Gasteiger partial charge on any atom is 0.306 e. The van der Waals surface area contributed by atoms with Gasteiger partial charge in [0.25, 0.3) is 0 Å². The molecule has 0 rings (SSSR count). The van der Waals surface area contributed by atoms with Crippen LogP contribution in [-0.4, -0.2) is 46.9 Å². The summed E-state index contributed by atoms with van der Waals surface area (Å²) in [4.78, 5) is 26.1. The Labute approximate surface area is 371 Å². The summed E-state index contributed by atoms with van der Waals surface area (Å²) in [5.74, 6) is -0.525. The Morgan fingerprint density at radius 1 is 0.517 bits per heavy atom. The molecule has 0 saturated carbocycles. The van der Waals surface area contributed by atoms with Gasteiger partial charge in [0.05, 0.1) is 25.2 Å². The number of hydrogen-bond donors (Lipinski definition) is 3. The van der Waals surface area contributed by atoms with E-state index in [1.165, 1.54) is 103 Å². The average molecular weight is 838 g/mol. The van der Waals surface area contributed by atoms with Gasteiger partial charge in [-0.1, -0.05) is 216 Å². The van der Waals surface area contributed by atoms with Crippen molar-refractivity contribution in [2.45, 2.75) is 251 Å². The number of esters is 1. The Bertz CT molecular complexity index is 1120. The number of nitrogens with one attached hydrogen (secondary N) is 1. The molecule has 0 aliphatic rings. The number of aliphatic hydroxyl groups excluding tert-OH is 2. The first-order chi connectivity index (χ1) is 29.5. The molecule has 3 atom stereocenters. The van der Waals surface area contributed by atoms with Gasteiger partial charge in [-0.2, -0.15) is 0 Å². The zero-order valence-electron chi connectivity index (χ0n) is 39.3. The Morgan fingerprint density at radius 2 is 0.967 bits per heavy atom. The number of unbranched alkanes of at least 4 members (excludes halogenated alkanes) is 23. The van der Waals surface area contributed by atoms with Crippen LogP contribution in [0, 0.1) is 0 Å². The number of amides is 1. The van der Waals surface area contributed by atoms with Gasteiger partial charge >= 0.3 is 5.97 Å². The molecule has 0 aliphatic heterocycles. The predicted molar refractivity (Wildman–Crippen MR) is 259 cm³/mol. The molecule has 0 radical (unpaired) electrons. The number of ether oxygens (including phenoxy) is 1. The van der Waals surface area contributed by atoms with Crippen LogP contribution in [0.25, 0.3) is 0 Å². The highest BCUT2D eigenvalue weighted by atomic mass is 16.5. The number of hydrogen-bond acceptors (Lipinski definition) is 5. The van der Waals surface area contributed by atoms with Gasteiger partial charge in [-0.3, -0.25) is 9.59 Å². The molecule has 0 aliphatic carbocycles. The fourth-order valence-corrected chi connectivity index (χ4v) is 7.29. The molecular weight excluding hydrogens is 743 g/mol. The summed E-state index contributed by atoms with van der Waals surface area (Å²) in [7, 11) is 0. The fourth-order valence-electron chi connectivity index (χ4n) is 7.29. The van der Waals surface area contributed by atoms with Crippen LogP contribution >= 0.6 is 0 Å². The normalized spacial score (nSPS) is 13.9. The molecule has 0 spiro atoms. The van der Waals surface area contributed by atoms with Crippen LogP contribution in [0.5, 0.6) is 0 Å². The molecule has 346 valence electrons. The van der Waals surface area contributed by atoms with Gasteiger partial charge in [0.2, 0.25) is 5.91 Å². The number of aliphatic hydroxyl groups is 2. The Morgan fingerprint density at radius 3 is 1.55 bits per heavy atom. The zero-order valence-corrected chi connectivity index (χ0v) is 39.3. The first kappa shape index (κ1) is 57.3. The quantitative estimate of drug-likeness (QED) is 0.0246. The topological polar surface area (TPSA) is 95.9 Å². The lowest BCUT2D eigenvalue weighted by Gasteiger charge is -2.24. The van der Waals surface area contributed by atoms with Crippen LogP contribution in [0.1, 0.15) is 233 Å². The minimum absolute atomic E-state index is 0.0456. The molecule has 0 aromatic carbocycles. The van der Waals surface area contributed by atoms with Gasteiger partial charge in [0.15, 0.2) is 0 Å². The van der Waals surface area contributed by atoms with E-state index >= 15 is 0 Å². The van der Waals surface area contributed by atoms with Crippen molar-refractivity contribution < 1.29 is 24.5 Å². The van der Waals surface area contributed by atoms with Crippen LogP contribution in [0.2, 0.25) is 0 Å². The van der Waals surface area contributed by atoms with E-state index in [0.29, 0.717) is 19.3 Å². The van der Waals surface area contributed by atoms with Crippen molar-refractivity contribution in [1.82, 2.24) is 5.32 Å². The smallest absolute Gasteiger partial charge is 0.306 e. The van der Waals surface area contributed by atoms with Crippen LogP contribution in [-0.2, 0) is 14.3 Å². The van der Waals surface area contributed by atoms with E-state index in [4.69, 9.17) is 4.74 Å². The summed E-state index contributed by atoms with van der Waals surface area (Å²) >= 11 is 0. The first-order valence-corrected chi connectivity index (χ1v) is 25.2. The van der Waals surface area contributed by atoms with Gasteiger partial charge in [-0.05, 0) is 77.0 Å². The number of carbonyl (C=O) groups excluding carboxylic acids is 2. The average Bonchev–Trinajstić information content (AvgIpc) is 3.24. The second-order valence-electron chi connectivity index (χ2n) is 16.9. The van der Waals surface area contributed by atoms with Gasteiger partial charge < -0.3 is 20.3 Å². The lowest BCUT2D eigenvalue weighted by Crippen LogP contribution is -2.46. The highest BCUT2D eigenvalue weighted by molar-refractivity contribution is 5.77.